The van der Waals surface area contributed by atoms with E-state index in [-0.39, 0.29) is 12.3 Å². The number of rotatable bonds is 10. The van der Waals surface area contributed by atoms with Crippen LogP contribution in [0.4, 0.5) is 0 Å². The molecule has 0 spiro atoms. The van der Waals surface area contributed by atoms with Crippen molar-refractivity contribution in [3.63, 3.8) is 0 Å². The van der Waals surface area contributed by atoms with Crippen molar-refractivity contribution < 1.29 is 19.8 Å². The minimum Gasteiger partial charge on any atom is -0.479 e. The molecule has 23 heavy (non-hydrogen) atoms. The van der Waals surface area contributed by atoms with Crippen LogP contribution >= 0.6 is 0 Å². The number of ketones is 1. The number of aliphatic carboxylic acids is 1. The molecule has 4 heteroatoms. The largest absolute Gasteiger partial charge is 0.479 e. The molecule has 1 aliphatic rings. The van der Waals surface area contributed by atoms with E-state index in [9.17, 15) is 14.7 Å². The molecule has 0 bridgehead atoms. The first-order valence-electron chi connectivity index (χ1n) is 8.95. The molecule has 0 aromatic carbocycles. The fourth-order valence-corrected chi connectivity index (χ4v) is 3.30. The fourth-order valence-electron chi connectivity index (χ4n) is 3.30. The van der Waals surface area contributed by atoms with Crippen molar-refractivity contribution >= 4 is 11.8 Å². The van der Waals surface area contributed by atoms with Gasteiger partial charge < -0.3 is 10.2 Å². The molecule has 1 fully saturated rings. The van der Waals surface area contributed by atoms with Crippen LogP contribution in [0.25, 0.3) is 0 Å². The lowest BCUT2D eigenvalue weighted by Crippen LogP contribution is -2.19. The number of carbonyl (C=O) groups excluding carboxylic acids is 1. The van der Waals surface area contributed by atoms with Crippen molar-refractivity contribution in [3.8, 4) is 11.8 Å². The van der Waals surface area contributed by atoms with Crippen LogP contribution in [0.2, 0.25) is 0 Å². The van der Waals surface area contributed by atoms with Crippen LogP contribution < -0.4 is 0 Å². The second kappa shape index (κ2) is 11.2. The third-order valence-electron chi connectivity index (χ3n) is 4.65. The Balaban J connectivity index is 2.25. The molecule has 1 saturated carbocycles. The second-order valence-corrected chi connectivity index (χ2v) is 6.51. The molecular formula is C19H30O4. The van der Waals surface area contributed by atoms with Gasteiger partial charge in [-0.3, -0.25) is 4.79 Å². The van der Waals surface area contributed by atoms with Crippen LogP contribution in [0.5, 0.6) is 0 Å². The molecule has 0 aliphatic heterocycles. The monoisotopic (exact) mass is 322 g/mol. The maximum atomic E-state index is 12.0. The van der Waals surface area contributed by atoms with Crippen molar-refractivity contribution in [1.29, 1.82) is 0 Å². The number of Topliss-reactive ketones (excluding diaryl/α,β-unsaturated/α-hetero) is 1. The summed E-state index contributed by atoms with van der Waals surface area (Å²) in [6.07, 6.45) is 8.09. The zero-order chi connectivity index (χ0) is 17.1. The fraction of sp³-hybridized carbons (Fsp3) is 0.789. The van der Waals surface area contributed by atoms with E-state index in [1.807, 2.05) is 0 Å². The van der Waals surface area contributed by atoms with Gasteiger partial charge in [0.25, 0.3) is 0 Å². The second-order valence-electron chi connectivity index (χ2n) is 6.51. The summed E-state index contributed by atoms with van der Waals surface area (Å²) in [5, 5.41) is 17.9. The number of carboxylic acid groups (broad SMARTS) is 1. The van der Waals surface area contributed by atoms with Gasteiger partial charge in [-0.15, -0.1) is 11.8 Å². The van der Waals surface area contributed by atoms with Crippen molar-refractivity contribution in [2.45, 2.75) is 83.7 Å². The normalized spacial score (nSPS) is 21.7. The predicted octanol–water partition coefficient (Wildman–Crippen LogP) is 3.56. The minimum atomic E-state index is -1.27. The van der Waals surface area contributed by atoms with Crippen LogP contribution in [0.15, 0.2) is 0 Å². The smallest absolute Gasteiger partial charge is 0.332 e. The van der Waals surface area contributed by atoms with Gasteiger partial charge in [0.2, 0.25) is 0 Å². The number of hydrogen-bond acceptors (Lipinski definition) is 3. The minimum absolute atomic E-state index is 0.139. The highest BCUT2D eigenvalue weighted by Gasteiger charge is 2.33. The molecule has 1 unspecified atom stereocenters. The van der Waals surface area contributed by atoms with Crippen LogP contribution in [0, 0.1) is 23.7 Å². The number of aliphatic hydroxyl groups is 1. The molecule has 1 aliphatic carbocycles. The quantitative estimate of drug-likeness (QED) is 0.476. The van der Waals surface area contributed by atoms with Crippen LogP contribution in [0.1, 0.15) is 77.6 Å². The Labute approximate surface area is 139 Å². The number of carboxylic acids is 1. The van der Waals surface area contributed by atoms with Gasteiger partial charge >= 0.3 is 5.97 Å². The van der Waals surface area contributed by atoms with Gasteiger partial charge in [0, 0.05) is 25.2 Å². The Morgan fingerprint density at radius 3 is 2.65 bits per heavy atom. The topological polar surface area (TPSA) is 74.6 Å². The summed E-state index contributed by atoms with van der Waals surface area (Å²) >= 11 is 0. The Morgan fingerprint density at radius 1 is 1.22 bits per heavy atom. The lowest BCUT2D eigenvalue weighted by atomic mass is 9.86. The summed E-state index contributed by atoms with van der Waals surface area (Å²) in [5.41, 5.74) is 0. The van der Waals surface area contributed by atoms with E-state index in [0.29, 0.717) is 24.5 Å². The van der Waals surface area contributed by atoms with Crippen LogP contribution in [0.3, 0.4) is 0 Å². The average Bonchev–Trinajstić information content (AvgIpc) is 2.87. The van der Waals surface area contributed by atoms with Crippen molar-refractivity contribution in [3.05, 3.63) is 0 Å². The van der Waals surface area contributed by atoms with Gasteiger partial charge in [0.15, 0.2) is 6.10 Å². The van der Waals surface area contributed by atoms with Gasteiger partial charge in [-0.05, 0) is 44.4 Å². The maximum absolute atomic E-state index is 12.0. The van der Waals surface area contributed by atoms with Crippen LogP contribution in [-0.4, -0.2) is 28.1 Å². The summed E-state index contributed by atoms with van der Waals surface area (Å²) in [6, 6.07) is 0. The molecule has 0 heterocycles. The highest BCUT2D eigenvalue weighted by Crippen LogP contribution is 2.36. The highest BCUT2D eigenvalue weighted by molar-refractivity contribution is 5.83. The third-order valence-corrected chi connectivity index (χ3v) is 4.65. The van der Waals surface area contributed by atoms with Crippen molar-refractivity contribution in [2.75, 3.05) is 0 Å². The molecule has 2 N–H and O–H groups in total. The van der Waals surface area contributed by atoms with E-state index in [4.69, 9.17) is 5.11 Å². The molecule has 0 radical (unpaired) electrons. The lowest BCUT2D eigenvalue weighted by Gasteiger charge is -2.18. The average molecular weight is 322 g/mol. The maximum Gasteiger partial charge on any atom is 0.332 e. The van der Waals surface area contributed by atoms with Gasteiger partial charge in [0.1, 0.15) is 5.78 Å². The third kappa shape index (κ3) is 7.65. The zero-order valence-corrected chi connectivity index (χ0v) is 14.2. The standard InChI is InChI=1S/C19H30O4/c1-2-3-4-5-6-7-10-15-13-14-17(20)16(15)11-8-9-12-18(21)19(22)23/h15-16,18,21H,2-3,6-14H2,1H3,(H,22,23)/t15-,16+,18?/m0/s1. The molecule has 0 aromatic rings. The summed E-state index contributed by atoms with van der Waals surface area (Å²) < 4.78 is 0. The first kappa shape index (κ1) is 19.7. The molecule has 4 nitrogen and oxygen atoms in total. The number of carbonyl (C=O) groups is 2. The molecule has 130 valence electrons. The molecule has 0 aromatic heterocycles. The Kier molecular flexibility index (Phi) is 9.63. The van der Waals surface area contributed by atoms with E-state index in [2.05, 4.69) is 18.8 Å². The van der Waals surface area contributed by atoms with Crippen molar-refractivity contribution in [1.82, 2.24) is 0 Å². The predicted molar refractivity (Wildman–Crippen MR) is 89.9 cm³/mol. The first-order valence-corrected chi connectivity index (χ1v) is 8.95. The van der Waals surface area contributed by atoms with E-state index in [1.54, 1.807) is 0 Å². The summed E-state index contributed by atoms with van der Waals surface area (Å²) in [4.78, 5) is 22.6. The molecular weight excluding hydrogens is 292 g/mol. The number of unbranched alkanes of at least 4 members (excludes halogenated alkanes) is 3. The molecule has 1 rings (SSSR count). The van der Waals surface area contributed by atoms with Crippen LogP contribution in [-0.2, 0) is 9.59 Å². The summed E-state index contributed by atoms with van der Waals surface area (Å²) in [7, 11) is 0. The van der Waals surface area contributed by atoms with Gasteiger partial charge in [-0.1, -0.05) is 19.8 Å². The van der Waals surface area contributed by atoms with E-state index in [0.717, 1.165) is 51.4 Å². The Hall–Kier alpha value is -1.34. The Morgan fingerprint density at radius 2 is 1.96 bits per heavy atom. The summed E-state index contributed by atoms with van der Waals surface area (Å²) in [5.74, 6) is 6.16. The van der Waals surface area contributed by atoms with E-state index < -0.39 is 12.1 Å². The van der Waals surface area contributed by atoms with Gasteiger partial charge in [-0.25, -0.2) is 4.79 Å². The van der Waals surface area contributed by atoms with E-state index >= 15 is 0 Å². The SMILES string of the molecule is CCCC#CCCC[C@H]1CCC(=O)[C@@H]1CCCCC(O)C(=O)O. The molecule has 3 atom stereocenters. The Bertz CT molecular complexity index is 432. The first-order chi connectivity index (χ1) is 11.1. The van der Waals surface area contributed by atoms with Gasteiger partial charge in [0.05, 0.1) is 0 Å². The summed E-state index contributed by atoms with van der Waals surface area (Å²) in [6.45, 7) is 2.12. The number of hydrogen-bond donors (Lipinski definition) is 2. The molecule has 0 amide bonds. The van der Waals surface area contributed by atoms with Gasteiger partial charge in [-0.2, -0.15) is 0 Å². The zero-order valence-electron chi connectivity index (χ0n) is 14.2. The molecule has 0 saturated heterocycles. The lowest BCUT2D eigenvalue weighted by molar-refractivity contribution is -0.147. The van der Waals surface area contributed by atoms with Crippen molar-refractivity contribution in [2.24, 2.45) is 11.8 Å². The number of aliphatic hydroxyl groups excluding tert-OH is 1. The highest BCUT2D eigenvalue weighted by atomic mass is 16.4. The van der Waals surface area contributed by atoms with E-state index in [1.165, 1.54) is 0 Å².